The highest BCUT2D eigenvalue weighted by atomic mass is 16.1. The van der Waals surface area contributed by atoms with Gasteiger partial charge in [0, 0.05) is 12.3 Å². The van der Waals surface area contributed by atoms with Crippen LogP contribution < -0.4 is 9.88 Å². The van der Waals surface area contributed by atoms with Crippen molar-refractivity contribution < 1.29 is 9.36 Å². The zero-order valence-electron chi connectivity index (χ0n) is 14.2. The predicted octanol–water partition coefficient (Wildman–Crippen LogP) is 2.97. The molecule has 5 heteroatoms. The van der Waals surface area contributed by atoms with Crippen LogP contribution in [0, 0.1) is 6.92 Å². The third-order valence-electron chi connectivity index (χ3n) is 4.67. The summed E-state index contributed by atoms with van der Waals surface area (Å²) < 4.78 is 4.30. The summed E-state index contributed by atoms with van der Waals surface area (Å²) in [5.74, 6) is 0.454. The number of carbonyl (C=O) groups excluding carboxylic acids is 1. The van der Waals surface area contributed by atoms with Gasteiger partial charge in [0.15, 0.2) is 0 Å². The molecule has 0 aliphatic rings. The molecule has 24 heavy (non-hydrogen) atoms. The molecular formula is C19H19N4O+. The lowest BCUT2D eigenvalue weighted by atomic mass is 10.1. The van der Waals surface area contributed by atoms with E-state index < -0.39 is 0 Å². The molecule has 120 valence electrons. The van der Waals surface area contributed by atoms with Gasteiger partial charge in [-0.3, -0.25) is 14.7 Å². The van der Waals surface area contributed by atoms with E-state index in [1.165, 1.54) is 28.8 Å². The SMILES string of the molecule is CC(=O)Nc1ccc2c(C)c3c4ccccc4n(C)c3[n+](C)c2n1. The highest BCUT2D eigenvalue weighted by molar-refractivity contribution is 6.10. The van der Waals surface area contributed by atoms with Crippen LogP contribution in [0.15, 0.2) is 36.4 Å². The molecule has 0 bridgehead atoms. The fraction of sp³-hybridized carbons (Fsp3) is 0.211. The number of nitrogens with zero attached hydrogens (tertiary/aromatic N) is 3. The summed E-state index contributed by atoms with van der Waals surface area (Å²) in [5.41, 5.74) is 4.38. The average molecular weight is 319 g/mol. The minimum atomic E-state index is -0.119. The highest BCUT2D eigenvalue weighted by Crippen LogP contribution is 2.32. The van der Waals surface area contributed by atoms with Gasteiger partial charge in [0.25, 0.3) is 5.65 Å². The molecule has 0 atom stereocenters. The third-order valence-corrected chi connectivity index (χ3v) is 4.67. The third kappa shape index (κ3) is 1.91. The second-order valence-corrected chi connectivity index (χ2v) is 6.21. The Kier molecular flexibility index (Phi) is 3.06. The minimum Gasteiger partial charge on any atom is -0.297 e. The number of aryl methyl sites for hydroxylation is 3. The first-order valence-electron chi connectivity index (χ1n) is 7.93. The Hall–Kier alpha value is -2.95. The number of hydrogen-bond donors (Lipinski definition) is 1. The second-order valence-electron chi connectivity index (χ2n) is 6.21. The Morgan fingerprint density at radius 3 is 2.67 bits per heavy atom. The van der Waals surface area contributed by atoms with Crippen LogP contribution in [0.4, 0.5) is 5.82 Å². The molecule has 5 nitrogen and oxygen atoms in total. The van der Waals surface area contributed by atoms with Crippen molar-refractivity contribution in [2.45, 2.75) is 13.8 Å². The molecular weight excluding hydrogens is 300 g/mol. The number of para-hydroxylation sites is 1. The van der Waals surface area contributed by atoms with Crippen molar-refractivity contribution in [3.8, 4) is 0 Å². The molecule has 0 fully saturated rings. The van der Waals surface area contributed by atoms with Crippen LogP contribution >= 0.6 is 0 Å². The van der Waals surface area contributed by atoms with E-state index in [2.05, 4.69) is 57.7 Å². The quantitative estimate of drug-likeness (QED) is 0.548. The number of carbonyl (C=O) groups is 1. The van der Waals surface area contributed by atoms with Gasteiger partial charge < -0.3 is 0 Å². The lowest BCUT2D eigenvalue weighted by Crippen LogP contribution is -2.33. The van der Waals surface area contributed by atoms with Gasteiger partial charge in [0.2, 0.25) is 17.4 Å². The maximum atomic E-state index is 11.3. The first-order valence-corrected chi connectivity index (χ1v) is 7.93. The van der Waals surface area contributed by atoms with Crippen molar-refractivity contribution in [1.82, 2.24) is 9.55 Å². The van der Waals surface area contributed by atoms with Crippen LogP contribution in [0.5, 0.6) is 0 Å². The van der Waals surface area contributed by atoms with Crippen LogP contribution in [0.25, 0.3) is 33.0 Å². The molecule has 3 heterocycles. The van der Waals surface area contributed by atoms with Gasteiger partial charge in [-0.1, -0.05) is 23.2 Å². The number of amides is 1. The molecule has 0 saturated heterocycles. The second kappa shape index (κ2) is 5.03. The van der Waals surface area contributed by atoms with E-state index in [1.54, 1.807) is 0 Å². The summed E-state index contributed by atoms with van der Waals surface area (Å²) in [6, 6.07) is 12.3. The Balaban J connectivity index is 2.19. The van der Waals surface area contributed by atoms with E-state index in [1.807, 2.05) is 19.2 Å². The zero-order chi connectivity index (χ0) is 17.0. The smallest absolute Gasteiger partial charge is 0.272 e. The molecule has 1 N–H and O–H groups in total. The number of nitrogens with one attached hydrogen (secondary N) is 1. The van der Waals surface area contributed by atoms with Crippen LogP contribution in [-0.2, 0) is 18.9 Å². The highest BCUT2D eigenvalue weighted by Gasteiger charge is 2.22. The van der Waals surface area contributed by atoms with Crippen LogP contribution in [0.2, 0.25) is 0 Å². The van der Waals surface area contributed by atoms with Gasteiger partial charge in [0.1, 0.15) is 5.52 Å². The molecule has 4 aromatic rings. The molecule has 4 rings (SSSR count). The first kappa shape index (κ1) is 14.6. The molecule has 3 aromatic heterocycles. The summed E-state index contributed by atoms with van der Waals surface area (Å²) in [6.45, 7) is 3.63. The molecule has 0 saturated carbocycles. The summed E-state index contributed by atoms with van der Waals surface area (Å²) in [7, 11) is 4.10. The molecule has 0 unspecified atom stereocenters. The predicted molar refractivity (Wildman–Crippen MR) is 95.9 cm³/mol. The van der Waals surface area contributed by atoms with E-state index in [-0.39, 0.29) is 5.91 Å². The number of anilines is 1. The Morgan fingerprint density at radius 1 is 1.17 bits per heavy atom. The summed E-state index contributed by atoms with van der Waals surface area (Å²) in [4.78, 5) is 16.0. The van der Waals surface area contributed by atoms with E-state index in [4.69, 9.17) is 0 Å². The first-order chi connectivity index (χ1) is 11.5. The minimum absolute atomic E-state index is 0.119. The topological polar surface area (TPSA) is 50.8 Å². The maximum absolute atomic E-state index is 11.3. The van der Waals surface area contributed by atoms with E-state index in [9.17, 15) is 4.79 Å². The lowest BCUT2D eigenvalue weighted by Gasteiger charge is -2.07. The van der Waals surface area contributed by atoms with Gasteiger partial charge in [-0.2, -0.15) is 0 Å². The Bertz CT molecular complexity index is 1140. The van der Waals surface area contributed by atoms with Gasteiger partial charge in [-0.05, 0) is 30.7 Å². The van der Waals surface area contributed by atoms with Crippen molar-refractivity contribution in [1.29, 1.82) is 0 Å². The standard InChI is InChI=1S/C19H18N4O/c1-11-13-9-10-16(20-12(2)24)21-18(13)23(4)19-17(11)14-7-5-6-8-15(14)22(19)3/h5-10H,1-4H3/p+1. The lowest BCUT2D eigenvalue weighted by molar-refractivity contribution is -0.622. The molecule has 0 aliphatic carbocycles. The number of pyridine rings is 2. The van der Waals surface area contributed by atoms with Crippen molar-refractivity contribution in [2.75, 3.05) is 5.32 Å². The van der Waals surface area contributed by atoms with E-state index in [0.29, 0.717) is 5.82 Å². The van der Waals surface area contributed by atoms with Crippen LogP contribution in [-0.4, -0.2) is 15.5 Å². The van der Waals surface area contributed by atoms with E-state index >= 15 is 0 Å². The van der Waals surface area contributed by atoms with Gasteiger partial charge >= 0.3 is 0 Å². The number of hydrogen-bond acceptors (Lipinski definition) is 2. The fourth-order valence-electron chi connectivity index (χ4n) is 3.62. The molecule has 0 spiro atoms. The van der Waals surface area contributed by atoms with Crippen molar-refractivity contribution in [3.05, 3.63) is 42.0 Å². The van der Waals surface area contributed by atoms with Crippen molar-refractivity contribution in [2.24, 2.45) is 14.1 Å². The zero-order valence-corrected chi connectivity index (χ0v) is 14.2. The number of benzene rings is 1. The normalized spacial score (nSPS) is 11.5. The molecule has 0 aliphatic heterocycles. The summed E-state index contributed by atoms with van der Waals surface area (Å²) in [6.07, 6.45) is 0. The van der Waals surface area contributed by atoms with Gasteiger partial charge in [0.05, 0.1) is 24.9 Å². The Labute approximate surface area is 139 Å². The van der Waals surface area contributed by atoms with Gasteiger partial charge in [-0.15, -0.1) is 0 Å². The van der Waals surface area contributed by atoms with Gasteiger partial charge in [-0.25, -0.2) is 4.57 Å². The monoisotopic (exact) mass is 319 g/mol. The maximum Gasteiger partial charge on any atom is 0.272 e. The number of rotatable bonds is 1. The van der Waals surface area contributed by atoms with Crippen molar-refractivity contribution in [3.63, 3.8) is 0 Å². The van der Waals surface area contributed by atoms with Crippen molar-refractivity contribution >= 4 is 44.7 Å². The molecule has 0 radical (unpaired) electrons. The van der Waals surface area contributed by atoms with Crippen LogP contribution in [0.3, 0.4) is 0 Å². The molecule has 1 aromatic carbocycles. The average Bonchev–Trinajstić information content (AvgIpc) is 2.86. The Morgan fingerprint density at radius 2 is 1.92 bits per heavy atom. The fourth-order valence-corrected chi connectivity index (χ4v) is 3.62. The number of aromatic nitrogens is 3. The van der Waals surface area contributed by atoms with E-state index in [0.717, 1.165) is 16.7 Å². The summed E-state index contributed by atoms with van der Waals surface area (Å²) >= 11 is 0. The molecule has 1 amide bonds. The largest absolute Gasteiger partial charge is 0.297 e. The number of fused-ring (bicyclic) bond motifs is 4. The van der Waals surface area contributed by atoms with Crippen LogP contribution in [0.1, 0.15) is 12.5 Å². The summed E-state index contributed by atoms with van der Waals surface area (Å²) in [5, 5.41) is 6.35.